The summed E-state index contributed by atoms with van der Waals surface area (Å²) in [4.78, 5) is 23.6. The molecule has 6 heteroatoms. The van der Waals surface area contributed by atoms with E-state index in [9.17, 15) is 4.79 Å². The molecule has 25 heavy (non-hydrogen) atoms. The first-order chi connectivity index (χ1) is 12.3. The molecule has 4 heterocycles. The Labute approximate surface area is 152 Å². The van der Waals surface area contributed by atoms with Crippen molar-refractivity contribution in [1.82, 2.24) is 9.88 Å². The maximum atomic E-state index is 13.4. The number of carbonyl (C=O) groups excluding carboxylic acids is 1. The van der Waals surface area contributed by atoms with Gasteiger partial charge in [-0.3, -0.25) is 4.79 Å². The number of carbonyl (C=O) groups is 1. The number of pyridine rings is 1. The van der Waals surface area contributed by atoms with Gasteiger partial charge in [-0.2, -0.15) is 0 Å². The lowest BCUT2D eigenvalue weighted by Gasteiger charge is -2.36. The SMILES string of the molecule is CCC1c2ccsc2CCN1C(=O)c1cccnc1N1CCOCC1. The summed E-state index contributed by atoms with van der Waals surface area (Å²) in [6, 6.07) is 6.12. The molecule has 2 aliphatic heterocycles. The number of thiophene rings is 1. The van der Waals surface area contributed by atoms with Crippen molar-refractivity contribution in [2.24, 2.45) is 0 Å². The quantitative estimate of drug-likeness (QED) is 0.847. The smallest absolute Gasteiger partial charge is 0.258 e. The van der Waals surface area contributed by atoms with E-state index >= 15 is 0 Å². The van der Waals surface area contributed by atoms with Crippen LogP contribution in [-0.4, -0.2) is 48.6 Å². The van der Waals surface area contributed by atoms with Gasteiger partial charge in [-0.15, -0.1) is 11.3 Å². The van der Waals surface area contributed by atoms with Crippen molar-refractivity contribution >= 4 is 23.1 Å². The van der Waals surface area contributed by atoms with Crippen LogP contribution in [0.4, 0.5) is 5.82 Å². The van der Waals surface area contributed by atoms with Crippen molar-refractivity contribution in [2.45, 2.75) is 25.8 Å². The van der Waals surface area contributed by atoms with Crippen LogP contribution in [0.3, 0.4) is 0 Å². The predicted molar refractivity (Wildman–Crippen MR) is 99.4 cm³/mol. The molecule has 1 amide bonds. The molecule has 1 unspecified atom stereocenters. The summed E-state index contributed by atoms with van der Waals surface area (Å²) in [5.41, 5.74) is 2.03. The topological polar surface area (TPSA) is 45.7 Å². The molecule has 0 aliphatic carbocycles. The first-order valence-electron chi connectivity index (χ1n) is 8.94. The maximum Gasteiger partial charge on any atom is 0.258 e. The van der Waals surface area contributed by atoms with Crippen molar-refractivity contribution in [1.29, 1.82) is 0 Å². The zero-order valence-electron chi connectivity index (χ0n) is 14.5. The number of anilines is 1. The summed E-state index contributed by atoms with van der Waals surface area (Å²) in [5.74, 6) is 0.889. The van der Waals surface area contributed by atoms with Gasteiger partial charge < -0.3 is 14.5 Å². The highest BCUT2D eigenvalue weighted by molar-refractivity contribution is 7.10. The van der Waals surface area contributed by atoms with Gasteiger partial charge in [0.2, 0.25) is 0 Å². The van der Waals surface area contributed by atoms with Crippen LogP contribution in [0, 0.1) is 0 Å². The minimum Gasteiger partial charge on any atom is -0.378 e. The molecule has 2 aromatic rings. The van der Waals surface area contributed by atoms with Crippen molar-refractivity contribution in [3.8, 4) is 0 Å². The standard InChI is InChI=1S/C19H23N3O2S/c1-2-16-14-6-13-25-17(14)5-8-22(16)19(23)15-4-3-7-20-18(15)21-9-11-24-12-10-21/h3-4,6-7,13,16H,2,5,8-12H2,1H3. The second-order valence-electron chi connectivity index (χ2n) is 6.45. The predicted octanol–water partition coefficient (Wildman–Crippen LogP) is 3.13. The Kier molecular flexibility index (Phi) is 4.72. The van der Waals surface area contributed by atoms with E-state index in [1.54, 1.807) is 6.20 Å². The van der Waals surface area contributed by atoms with Gasteiger partial charge in [0.1, 0.15) is 5.82 Å². The fourth-order valence-corrected chi connectivity index (χ4v) is 4.75. The van der Waals surface area contributed by atoms with Crippen molar-refractivity contribution < 1.29 is 9.53 Å². The lowest BCUT2D eigenvalue weighted by molar-refractivity contribution is 0.0656. The molecule has 1 atom stereocenters. The number of rotatable bonds is 3. The van der Waals surface area contributed by atoms with Gasteiger partial charge in [-0.25, -0.2) is 4.98 Å². The highest BCUT2D eigenvalue weighted by Crippen LogP contribution is 2.36. The lowest BCUT2D eigenvalue weighted by Crippen LogP contribution is -2.42. The van der Waals surface area contributed by atoms with E-state index in [2.05, 4.69) is 28.3 Å². The summed E-state index contributed by atoms with van der Waals surface area (Å²) in [5, 5.41) is 2.14. The molecule has 5 nitrogen and oxygen atoms in total. The molecule has 0 N–H and O–H groups in total. The largest absolute Gasteiger partial charge is 0.378 e. The number of hydrogen-bond donors (Lipinski definition) is 0. The zero-order valence-corrected chi connectivity index (χ0v) is 15.3. The number of morpholine rings is 1. The third-order valence-electron chi connectivity index (χ3n) is 5.07. The van der Waals surface area contributed by atoms with Crippen molar-refractivity contribution in [3.63, 3.8) is 0 Å². The Hall–Kier alpha value is -1.92. The molecule has 132 valence electrons. The highest BCUT2D eigenvalue weighted by Gasteiger charge is 2.32. The van der Waals surface area contributed by atoms with E-state index in [1.165, 1.54) is 10.4 Å². The van der Waals surface area contributed by atoms with Gasteiger partial charge in [0.05, 0.1) is 24.8 Å². The minimum atomic E-state index is 0.0956. The second-order valence-corrected chi connectivity index (χ2v) is 7.45. The summed E-state index contributed by atoms with van der Waals surface area (Å²) in [7, 11) is 0. The fraction of sp³-hybridized carbons (Fsp3) is 0.474. The Bertz CT molecular complexity index is 755. The first-order valence-corrected chi connectivity index (χ1v) is 9.82. The molecular weight excluding hydrogens is 334 g/mol. The van der Waals surface area contributed by atoms with Crippen LogP contribution in [0.5, 0.6) is 0 Å². The summed E-state index contributed by atoms with van der Waals surface area (Å²) < 4.78 is 5.44. The molecule has 1 saturated heterocycles. The Morgan fingerprint density at radius 3 is 2.96 bits per heavy atom. The Morgan fingerprint density at radius 1 is 1.32 bits per heavy atom. The van der Waals surface area contributed by atoms with Gasteiger partial charge in [-0.1, -0.05) is 6.92 Å². The average molecular weight is 357 g/mol. The molecule has 4 rings (SSSR count). The summed E-state index contributed by atoms with van der Waals surface area (Å²) >= 11 is 1.81. The van der Waals surface area contributed by atoms with Gasteiger partial charge in [0, 0.05) is 30.7 Å². The molecule has 1 fully saturated rings. The normalized spacial score (nSPS) is 20.4. The van der Waals surface area contributed by atoms with Gasteiger partial charge in [0.15, 0.2) is 0 Å². The van der Waals surface area contributed by atoms with E-state index in [0.717, 1.165) is 38.3 Å². The van der Waals surface area contributed by atoms with Crippen LogP contribution in [0.1, 0.15) is 40.2 Å². The van der Waals surface area contributed by atoms with Gasteiger partial charge >= 0.3 is 0 Å². The van der Waals surface area contributed by atoms with Crippen LogP contribution in [-0.2, 0) is 11.2 Å². The maximum absolute atomic E-state index is 13.4. The molecular formula is C19H23N3O2S. The Morgan fingerprint density at radius 2 is 2.16 bits per heavy atom. The molecule has 0 aromatic carbocycles. The molecule has 0 radical (unpaired) electrons. The number of ether oxygens (including phenoxy) is 1. The summed E-state index contributed by atoms with van der Waals surface area (Å²) in [6.07, 6.45) is 3.65. The zero-order chi connectivity index (χ0) is 17.2. The third kappa shape index (κ3) is 3.04. The van der Waals surface area contributed by atoms with E-state index < -0.39 is 0 Å². The van der Waals surface area contributed by atoms with E-state index in [1.807, 2.05) is 28.4 Å². The number of fused-ring (bicyclic) bond motifs is 1. The number of amides is 1. The number of aromatic nitrogens is 1. The van der Waals surface area contributed by atoms with Crippen LogP contribution >= 0.6 is 11.3 Å². The van der Waals surface area contributed by atoms with E-state index in [0.29, 0.717) is 18.8 Å². The lowest BCUT2D eigenvalue weighted by atomic mass is 9.97. The van der Waals surface area contributed by atoms with Gasteiger partial charge in [0.25, 0.3) is 5.91 Å². The minimum absolute atomic E-state index is 0.0956. The molecule has 2 aromatic heterocycles. The van der Waals surface area contributed by atoms with E-state index in [4.69, 9.17) is 4.74 Å². The number of hydrogen-bond acceptors (Lipinski definition) is 5. The third-order valence-corrected chi connectivity index (χ3v) is 6.07. The van der Waals surface area contributed by atoms with Crippen LogP contribution < -0.4 is 4.90 Å². The molecule has 0 saturated carbocycles. The van der Waals surface area contributed by atoms with Crippen LogP contribution in [0.25, 0.3) is 0 Å². The van der Waals surface area contributed by atoms with E-state index in [-0.39, 0.29) is 11.9 Å². The van der Waals surface area contributed by atoms with Crippen molar-refractivity contribution in [3.05, 3.63) is 45.8 Å². The average Bonchev–Trinajstić information content (AvgIpc) is 3.16. The van der Waals surface area contributed by atoms with Crippen LogP contribution in [0.15, 0.2) is 29.8 Å². The Balaban J connectivity index is 1.65. The number of nitrogens with zero attached hydrogens (tertiary/aromatic N) is 3. The highest BCUT2D eigenvalue weighted by atomic mass is 32.1. The monoisotopic (exact) mass is 357 g/mol. The summed E-state index contributed by atoms with van der Waals surface area (Å²) in [6.45, 7) is 5.87. The first kappa shape index (κ1) is 16.5. The molecule has 0 bridgehead atoms. The molecule has 0 spiro atoms. The van der Waals surface area contributed by atoms with Crippen LogP contribution in [0.2, 0.25) is 0 Å². The molecule has 2 aliphatic rings. The second kappa shape index (κ2) is 7.14. The van der Waals surface area contributed by atoms with Crippen molar-refractivity contribution in [2.75, 3.05) is 37.7 Å². The fourth-order valence-electron chi connectivity index (χ4n) is 3.83. The van der Waals surface area contributed by atoms with Gasteiger partial charge in [-0.05, 0) is 42.0 Å².